The lowest BCUT2D eigenvalue weighted by Crippen LogP contribution is -2.09. The van der Waals surface area contributed by atoms with Gasteiger partial charge in [0.05, 0.1) is 5.56 Å². The fraction of sp³-hybridized carbons (Fsp3) is 0.348. The number of carbonyl (C=O) groups excluding carboxylic acids is 1. The molecule has 0 spiro atoms. The summed E-state index contributed by atoms with van der Waals surface area (Å²) in [7, 11) is 0. The lowest BCUT2D eigenvalue weighted by Gasteiger charge is -2.13. The third kappa shape index (κ3) is 4.31. The van der Waals surface area contributed by atoms with Gasteiger partial charge in [0.2, 0.25) is 0 Å². The Morgan fingerprint density at radius 2 is 2.07 bits per heavy atom. The Hall–Kier alpha value is -3.15. The average Bonchev–Trinajstić information content (AvgIpc) is 3.49. The van der Waals surface area contributed by atoms with Crippen molar-refractivity contribution in [1.82, 2.24) is 4.98 Å². The summed E-state index contributed by atoms with van der Waals surface area (Å²) >= 11 is 0. The SMILES string of the molecule is Cc1cc2oc(=O)cc(COC(=O)c3ccc(NC4CC4)nc3)c2cc1C(C)C. The number of anilines is 1. The van der Waals surface area contributed by atoms with Crippen LogP contribution < -0.4 is 10.9 Å². The minimum atomic E-state index is -0.479. The first-order valence-electron chi connectivity index (χ1n) is 9.87. The van der Waals surface area contributed by atoms with E-state index in [1.54, 1.807) is 12.1 Å². The summed E-state index contributed by atoms with van der Waals surface area (Å²) in [6.45, 7) is 6.21. The van der Waals surface area contributed by atoms with Crippen molar-refractivity contribution >= 4 is 22.8 Å². The highest BCUT2D eigenvalue weighted by molar-refractivity contribution is 5.89. The molecule has 6 heteroatoms. The van der Waals surface area contributed by atoms with Gasteiger partial charge in [0, 0.05) is 29.3 Å². The zero-order valence-electron chi connectivity index (χ0n) is 16.8. The third-order valence-electron chi connectivity index (χ3n) is 5.13. The zero-order valence-corrected chi connectivity index (χ0v) is 16.8. The van der Waals surface area contributed by atoms with E-state index in [9.17, 15) is 9.59 Å². The summed E-state index contributed by atoms with van der Waals surface area (Å²) in [6.07, 6.45) is 3.82. The van der Waals surface area contributed by atoms with E-state index >= 15 is 0 Å². The molecule has 1 aliphatic carbocycles. The first-order chi connectivity index (χ1) is 13.9. The predicted molar refractivity (Wildman–Crippen MR) is 111 cm³/mol. The normalized spacial score (nSPS) is 13.7. The number of esters is 1. The van der Waals surface area contributed by atoms with Crippen molar-refractivity contribution in [3.8, 4) is 0 Å². The van der Waals surface area contributed by atoms with Crippen LogP contribution in [0.2, 0.25) is 0 Å². The van der Waals surface area contributed by atoms with E-state index < -0.39 is 11.6 Å². The number of carbonyl (C=O) groups is 1. The number of hydrogen-bond acceptors (Lipinski definition) is 6. The van der Waals surface area contributed by atoms with E-state index in [1.807, 2.05) is 19.1 Å². The van der Waals surface area contributed by atoms with Gasteiger partial charge in [0.1, 0.15) is 18.0 Å². The maximum absolute atomic E-state index is 12.4. The molecule has 1 aliphatic rings. The Morgan fingerprint density at radius 1 is 1.28 bits per heavy atom. The van der Waals surface area contributed by atoms with Gasteiger partial charge in [-0.2, -0.15) is 0 Å². The van der Waals surface area contributed by atoms with Crippen LogP contribution in [0.4, 0.5) is 5.82 Å². The van der Waals surface area contributed by atoms with Gasteiger partial charge in [-0.15, -0.1) is 0 Å². The van der Waals surface area contributed by atoms with Crippen LogP contribution in [0.5, 0.6) is 0 Å². The molecule has 1 aromatic carbocycles. The number of aromatic nitrogens is 1. The van der Waals surface area contributed by atoms with Gasteiger partial charge in [-0.25, -0.2) is 14.6 Å². The predicted octanol–water partition coefficient (Wildman–Crippen LogP) is 4.55. The lowest BCUT2D eigenvalue weighted by molar-refractivity contribution is 0.0473. The number of aryl methyl sites for hydroxylation is 1. The molecule has 0 bridgehead atoms. The quantitative estimate of drug-likeness (QED) is 0.489. The maximum atomic E-state index is 12.4. The Labute approximate surface area is 168 Å². The number of benzene rings is 1. The number of rotatable bonds is 6. The molecule has 4 rings (SSSR count). The molecule has 0 atom stereocenters. The monoisotopic (exact) mass is 392 g/mol. The molecule has 1 saturated carbocycles. The third-order valence-corrected chi connectivity index (χ3v) is 5.13. The number of hydrogen-bond donors (Lipinski definition) is 1. The Balaban J connectivity index is 1.54. The minimum absolute atomic E-state index is 0.0103. The Kier molecular flexibility index (Phi) is 5.09. The zero-order chi connectivity index (χ0) is 20.5. The number of fused-ring (bicyclic) bond motifs is 1. The van der Waals surface area contributed by atoms with E-state index in [1.165, 1.54) is 17.8 Å². The van der Waals surface area contributed by atoms with E-state index in [2.05, 4.69) is 24.1 Å². The molecule has 1 fully saturated rings. The highest BCUT2D eigenvalue weighted by Gasteiger charge is 2.21. The first kappa shape index (κ1) is 19.2. The maximum Gasteiger partial charge on any atom is 0.340 e. The van der Waals surface area contributed by atoms with Gasteiger partial charge in [-0.1, -0.05) is 13.8 Å². The number of pyridine rings is 1. The van der Waals surface area contributed by atoms with E-state index in [0.717, 1.165) is 29.6 Å². The summed E-state index contributed by atoms with van der Waals surface area (Å²) in [5.41, 5.74) is 3.28. The van der Waals surface area contributed by atoms with Crippen LogP contribution in [0, 0.1) is 6.92 Å². The molecule has 2 aromatic heterocycles. The summed E-state index contributed by atoms with van der Waals surface area (Å²) in [5, 5.41) is 4.06. The summed E-state index contributed by atoms with van der Waals surface area (Å²) in [5.74, 6) is 0.607. The van der Waals surface area contributed by atoms with Crippen LogP contribution in [-0.4, -0.2) is 17.0 Å². The van der Waals surface area contributed by atoms with E-state index in [0.29, 0.717) is 28.7 Å². The van der Waals surface area contributed by atoms with Crippen molar-refractivity contribution in [2.24, 2.45) is 0 Å². The van der Waals surface area contributed by atoms with Crippen LogP contribution in [0.1, 0.15) is 59.7 Å². The molecule has 2 heterocycles. The van der Waals surface area contributed by atoms with Crippen molar-refractivity contribution in [2.75, 3.05) is 5.32 Å². The van der Waals surface area contributed by atoms with Gasteiger partial charge in [0.15, 0.2) is 0 Å². The average molecular weight is 392 g/mol. The van der Waals surface area contributed by atoms with E-state index in [-0.39, 0.29) is 6.61 Å². The second kappa shape index (κ2) is 7.70. The molecule has 0 radical (unpaired) electrons. The second-order valence-corrected chi connectivity index (χ2v) is 7.88. The lowest BCUT2D eigenvalue weighted by atomic mass is 9.95. The summed E-state index contributed by atoms with van der Waals surface area (Å²) < 4.78 is 10.8. The summed E-state index contributed by atoms with van der Waals surface area (Å²) in [4.78, 5) is 28.6. The van der Waals surface area contributed by atoms with Crippen LogP contribution in [-0.2, 0) is 11.3 Å². The number of nitrogens with zero attached hydrogens (tertiary/aromatic N) is 1. The fourth-order valence-electron chi connectivity index (χ4n) is 3.40. The number of nitrogens with one attached hydrogen (secondary N) is 1. The largest absolute Gasteiger partial charge is 0.457 e. The fourth-order valence-corrected chi connectivity index (χ4v) is 3.40. The number of ether oxygens (including phenoxy) is 1. The molecule has 29 heavy (non-hydrogen) atoms. The van der Waals surface area contributed by atoms with Crippen molar-refractivity contribution < 1.29 is 13.9 Å². The van der Waals surface area contributed by atoms with Gasteiger partial charge in [-0.05, 0) is 61.1 Å². The molecular weight excluding hydrogens is 368 g/mol. The van der Waals surface area contributed by atoms with Crippen LogP contribution >= 0.6 is 0 Å². The molecule has 0 saturated heterocycles. The Morgan fingerprint density at radius 3 is 2.72 bits per heavy atom. The molecule has 0 unspecified atom stereocenters. The van der Waals surface area contributed by atoms with Gasteiger partial charge in [-0.3, -0.25) is 0 Å². The second-order valence-electron chi connectivity index (χ2n) is 7.88. The molecule has 0 aliphatic heterocycles. The topological polar surface area (TPSA) is 81.4 Å². The molecule has 0 amide bonds. The van der Waals surface area contributed by atoms with Crippen LogP contribution in [0.3, 0.4) is 0 Å². The van der Waals surface area contributed by atoms with Crippen molar-refractivity contribution in [2.45, 2.75) is 52.2 Å². The van der Waals surface area contributed by atoms with Crippen molar-refractivity contribution in [1.29, 1.82) is 0 Å². The molecular formula is C23H24N2O4. The summed E-state index contributed by atoms with van der Waals surface area (Å²) in [6, 6.07) is 9.24. The van der Waals surface area contributed by atoms with Gasteiger partial charge >= 0.3 is 11.6 Å². The van der Waals surface area contributed by atoms with Crippen LogP contribution in [0.15, 0.2) is 45.7 Å². The molecule has 150 valence electrons. The van der Waals surface area contributed by atoms with Gasteiger partial charge < -0.3 is 14.5 Å². The van der Waals surface area contributed by atoms with Crippen molar-refractivity contribution in [3.63, 3.8) is 0 Å². The van der Waals surface area contributed by atoms with Crippen LogP contribution in [0.25, 0.3) is 11.0 Å². The smallest absolute Gasteiger partial charge is 0.340 e. The van der Waals surface area contributed by atoms with E-state index in [4.69, 9.17) is 9.15 Å². The minimum Gasteiger partial charge on any atom is -0.457 e. The first-order valence-corrected chi connectivity index (χ1v) is 9.87. The standard InChI is InChI=1S/C23H24N2O4/c1-13(2)18-10-19-16(9-22(26)29-20(19)8-14(18)3)12-28-23(27)15-4-7-21(24-11-15)25-17-5-6-17/h4,7-11,13,17H,5-6,12H2,1-3H3,(H,24,25). The van der Waals surface area contributed by atoms with Crippen molar-refractivity contribution in [3.05, 3.63) is 69.2 Å². The highest BCUT2D eigenvalue weighted by Crippen LogP contribution is 2.27. The molecule has 1 N–H and O–H groups in total. The highest BCUT2D eigenvalue weighted by atomic mass is 16.5. The molecule has 3 aromatic rings. The van der Waals surface area contributed by atoms with Gasteiger partial charge in [0.25, 0.3) is 0 Å². The Bertz CT molecular complexity index is 1110. The molecule has 6 nitrogen and oxygen atoms in total.